The van der Waals surface area contributed by atoms with Crippen LogP contribution >= 0.6 is 11.6 Å². The van der Waals surface area contributed by atoms with Gasteiger partial charge >= 0.3 is 6.18 Å². The van der Waals surface area contributed by atoms with Crippen molar-refractivity contribution in [2.24, 2.45) is 0 Å². The summed E-state index contributed by atoms with van der Waals surface area (Å²) >= 11 is 6.50. The normalized spacial score (nSPS) is 14.8. The summed E-state index contributed by atoms with van der Waals surface area (Å²) in [6, 6.07) is 11.4. The van der Waals surface area contributed by atoms with E-state index in [4.69, 9.17) is 26.2 Å². The Morgan fingerprint density at radius 3 is 2.38 bits per heavy atom. The molecule has 0 aliphatic carbocycles. The largest absolute Gasteiger partial charge is 0.542 e. The van der Waals surface area contributed by atoms with Gasteiger partial charge in [-0.05, 0) is 56.9 Å². The Morgan fingerprint density at radius 1 is 1.11 bits per heavy atom. The number of aliphatic carboxylic acids is 1. The highest BCUT2D eigenvalue weighted by Crippen LogP contribution is 2.36. The number of ether oxygens (including phenoxy) is 1. The Labute approximate surface area is 261 Å². The number of halogens is 4. The number of aryl methyl sites for hydroxylation is 2. The quantitative estimate of drug-likeness (QED) is 0.277. The molecule has 14 heteroatoms. The number of fused-ring (bicyclic) bond motifs is 1. The molecule has 5 rings (SSSR count). The number of carbonyl (C=O) groups excluding carboxylic acids is 2. The first-order valence-corrected chi connectivity index (χ1v) is 14.5. The van der Waals surface area contributed by atoms with Gasteiger partial charge in [0.05, 0.1) is 40.9 Å². The number of nitrogens with zero attached hydrogens (tertiary/aromatic N) is 2. The van der Waals surface area contributed by atoms with Crippen molar-refractivity contribution in [3.63, 3.8) is 0 Å². The third-order valence-corrected chi connectivity index (χ3v) is 7.41. The number of pyridine rings is 1. The number of carboxylic acids is 1. The smallest absolute Gasteiger partial charge is 0.430 e. The number of rotatable bonds is 7. The molecular formula is C31H31ClF3N5O5. The summed E-state index contributed by atoms with van der Waals surface area (Å²) in [5.74, 6) is -2.84. The first kappa shape index (κ1) is 33.4. The number of aromatic amines is 1. The van der Waals surface area contributed by atoms with Crippen LogP contribution in [0.25, 0.3) is 22.0 Å². The van der Waals surface area contributed by atoms with Gasteiger partial charge in [-0.3, -0.25) is 14.9 Å². The van der Waals surface area contributed by atoms with Gasteiger partial charge in [0.2, 0.25) is 5.95 Å². The van der Waals surface area contributed by atoms with Crippen molar-refractivity contribution in [1.82, 2.24) is 15.0 Å². The fourth-order valence-electron chi connectivity index (χ4n) is 5.12. The molecule has 1 atom stereocenters. The summed E-state index contributed by atoms with van der Waals surface area (Å²) in [5, 5.41) is 14.6. The first-order valence-electron chi connectivity index (χ1n) is 14.1. The van der Waals surface area contributed by atoms with Gasteiger partial charge in [-0.25, -0.2) is 9.97 Å². The maximum atomic E-state index is 13.4. The van der Waals surface area contributed by atoms with Gasteiger partial charge in [-0.1, -0.05) is 40.9 Å². The van der Waals surface area contributed by atoms with Crippen molar-refractivity contribution >= 4 is 40.3 Å². The fourth-order valence-corrected chi connectivity index (χ4v) is 5.37. The highest BCUT2D eigenvalue weighted by Gasteiger charge is 2.29. The van der Waals surface area contributed by atoms with Crippen LogP contribution in [0.1, 0.15) is 47.2 Å². The lowest BCUT2D eigenvalue weighted by Crippen LogP contribution is -2.91. The minimum absolute atomic E-state index is 0.172. The average molecular weight is 646 g/mol. The van der Waals surface area contributed by atoms with E-state index in [1.165, 1.54) is 12.8 Å². The molecule has 4 aromatic rings. The zero-order valence-electron chi connectivity index (χ0n) is 24.5. The average Bonchev–Trinajstić information content (AvgIpc) is 2.97. The first-order chi connectivity index (χ1) is 21.3. The summed E-state index contributed by atoms with van der Waals surface area (Å²) in [6.45, 7) is 5.59. The molecule has 0 spiro atoms. The fraction of sp³-hybridized carbons (Fsp3) is 0.323. The van der Waals surface area contributed by atoms with Crippen LogP contribution in [0, 0.1) is 13.8 Å². The number of nitrogens with two attached hydrogens (primary N) is 1. The van der Waals surface area contributed by atoms with Crippen LogP contribution in [-0.4, -0.2) is 52.2 Å². The number of H-pyrrole nitrogens is 1. The van der Waals surface area contributed by atoms with Gasteiger partial charge in [0.1, 0.15) is 11.7 Å². The van der Waals surface area contributed by atoms with E-state index in [0.717, 1.165) is 36.1 Å². The number of carbonyl (C=O) groups is 2. The van der Waals surface area contributed by atoms with Crippen molar-refractivity contribution in [1.29, 1.82) is 0 Å². The number of benzene rings is 2. The molecule has 1 aliphatic rings. The number of hydrogen-bond donors (Lipinski definition) is 3. The number of nitrogens with one attached hydrogen (secondary N) is 2. The molecule has 1 saturated heterocycles. The number of amides is 1. The van der Waals surface area contributed by atoms with Crippen molar-refractivity contribution in [3.05, 3.63) is 80.9 Å². The van der Waals surface area contributed by atoms with Gasteiger partial charge < -0.3 is 24.9 Å². The summed E-state index contributed by atoms with van der Waals surface area (Å²) in [4.78, 5) is 46.4. The topological polar surface area (TPSA) is 154 Å². The van der Waals surface area contributed by atoms with E-state index in [2.05, 4.69) is 31.7 Å². The molecule has 1 aliphatic heterocycles. The molecule has 4 N–H and O–H groups in total. The third kappa shape index (κ3) is 8.79. The Kier molecular flexibility index (Phi) is 10.8. The second kappa shape index (κ2) is 14.5. The molecule has 1 unspecified atom stereocenters. The molecular weight excluding hydrogens is 615 g/mol. The third-order valence-electron chi connectivity index (χ3n) is 7.10. The molecule has 0 bridgehead atoms. The molecule has 2 aromatic carbocycles. The van der Waals surface area contributed by atoms with Crippen LogP contribution in [0.2, 0.25) is 5.02 Å². The SMILES string of the molecule is Cc1cc(C)cc(-c2c(OCCC3CCCC[NH2+]3)c3cc(C(=O)Nc4ncccn4)c(Cl)cc3[nH]c2=O)c1.O=C([O-])C(F)(F)F. The Bertz CT molecular complexity index is 1720. The van der Waals surface area contributed by atoms with Gasteiger partial charge in [-0.2, -0.15) is 13.2 Å². The molecule has 45 heavy (non-hydrogen) atoms. The van der Waals surface area contributed by atoms with E-state index in [1.807, 2.05) is 26.0 Å². The monoisotopic (exact) mass is 645 g/mol. The van der Waals surface area contributed by atoms with Crippen LogP contribution < -0.4 is 26.0 Å². The van der Waals surface area contributed by atoms with Gasteiger partial charge in [0.15, 0.2) is 0 Å². The van der Waals surface area contributed by atoms with E-state index >= 15 is 0 Å². The van der Waals surface area contributed by atoms with E-state index < -0.39 is 18.1 Å². The predicted molar refractivity (Wildman–Crippen MR) is 160 cm³/mol. The van der Waals surface area contributed by atoms with Gasteiger partial charge in [0, 0.05) is 24.2 Å². The molecule has 2 aromatic heterocycles. The molecule has 0 radical (unpaired) electrons. The molecule has 0 saturated carbocycles. The molecule has 3 heterocycles. The van der Waals surface area contributed by atoms with Crippen LogP contribution in [0.5, 0.6) is 5.75 Å². The standard InChI is InChI=1S/C29H30ClN5O3.C2HF3O2/c1-17-12-18(2)14-19(13-17)25-26(38-11-7-20-6-3-4-8-31-20)22-15-21(23(30)16-24(22)34-28(25)37)27(36)35-29-32-9-5-10-33-29;3-2(4,5)1(6)7/h5,9-10,12-16,20,31H,3-4,6-8,11H2,1-2H3,(H,34,37)(H,32,33,35,36);(H,6,7). The number of alkyl halides is 3. The second-order valence-corrected chi connectivity index (χ2v) is 11.0. The number of quaternary nitrogens is 1. The Hall–Kier alpha value is -4.49. The van der Waals surface area contributed by atoms with Gasteiger partial charge in [-0.15, -0.1) is 0 Å². The maximum absolute atomic E-state index is 13.4. The van der Waals surface area contributed by atoms with E-state index in [0.29, 0.717) is 34.9 Å². The molecule has 1 amide bonds. The number of aromatic nitrogens is 3. The number of carboxylic acid groups (broad SMARTS) is 1. The van der Waals surface area contributed by atoms with Crippen molar-refractivity contribution in [3.8, 4) is 16.9 Å². The number of piperidine rings is 1. The lowest BCUT2D eigenvalue weighted by atomic mass is 9.98. The van der Waals surface area contributed by atoms with E-state index in [1.54, 1.807) is 30.6 Å². The Balaban J connectivity index is 0.000000591. The lowest BCUT2D eigenvalue weighted by molar-refractivity contribution is -0.698. The van der Waals surface area contributed by atoms with Crippen LogP contribution in [0.3, 0.4) is 0 Å². The number of hydrogen-bond acceptors (Lipinski definition) is 7. The minimum Gasteiger partial charge on any atom is -0.542 e. The van der Waals surface area contributed by atoms with Crippen molar-refractivity contribution in [2.45, 2.75) is 51.7 Å². The van der Waals surface area contributed by atoms with Crippen LogP contribution in [-0.2, 0) is 4.79 Å². The van der Waals surface area contributed by atoms with Gasteiger partial charge in [0.25, 0.3) is 11.5 Å². The summed E-state index contributed by atoms with van der Waals surface area (Å²) in [7, 11) is 0. The predicted octanol–water partition coefficient (Wildman–Crippen LogP) is 3.69. The molecule has 10 nitrogen and oxygen atoms in total. The van der Waals surface area contributed by atoms with Crippen molar-refractivity contribution in [2.75, 3.05) is 18.5 Å². The van der Waals surface area contributed by atoms with E-state index in [9.17, 15) is 22.8 Å². The van der Waals surface area contributed by atoms with Crippen LogP contribution in [0.15, 0.2) is 53.6 Å². The zero-order valence-corrected chi connectivity index (χ0v) is 25.2. The summed E-state index contributed by atoms with van der Waals surface area (Å²) < 4.78 is 38.0. The zero-order chi connectivity index (χ0) is 32.7. The number of anilines is 1. The van der Waals surface area contributed by atoms with E-state index in [-0.39, 0.29) is 22.1 Å². The summed E-state index contributed by atoms with van der Waals surface area (Å²) in [6.07, 6.45) is 2.39. The molecule has 238 valence electrons. The minimum atomic E-state index is -5.19. The summed E-state index contributed by atoms with van der Waals surface area (Å²) in [5.41, 5.74) is 3.76. The maximum Gasteiger partial charge on any atom is 0.430 e. The van der Waals surface area contributed by atoms with Crippen LogP contribution in [0.4, 0.5) is 19.1 Å². The Morgan fingerprint density at radius 2 is 1.78 bits per heavy atom. The van der Waals surface area contributed by atoms with Crippen molar-refractivity contribution < 1.29 is 37.9 Å². The highest BCUT2D eigenvalue weighted by atomic mass is 35.5. The second-order valence-electron chi connectivity index (χ2n) is 10.6. The highest BCUT2D eigenvalue weighted by molar-refractivity contribution is 6.35. The molecule has 1 fully saturated rings. The lowest BCUT2D eigenvalue weighted by Gasteiger charge is -2.21.